The Morgan fingerprint density at radius 2 is 1.81 bits per heavy atom. The standard InChI is InChI=1S/C23H19Cl2N3O4/c1-32-21-12-18(27-22(30)10-14-2-6-17(24)7-3-14)8-4-16(21)13-26-28-23(31)15-5-9-20(29)19(25)11-15/h2-9,11-13,29H,10H2,1H3,(H,27,30)(H,28,31)/b26-13+. The highest BCUT2D eigenvalue weighted by atomic mass is 35.5. The molecule has 0 heterocycles. The van der Waals surface area contributed by atoms with Gasteiger partial charge in [0, 0.05) is 27.9 Å². The quantitative estimate of drug-likeness (QED) is 0.344. The molecule has 0 fully saturated rings. The molecule has 32 heavy (non-hydrogen) atoms. The lowest BCUT2D eigenvalue weighted by molar-refractivity contribution is -0.115. The zero-order valence-electron chi connectivity index (χ0n) is 16.9. The summed E-state index contributed by atoms with van der Waals surface area (Å²) in [6.45, 7) is 0. The number of nitrogens with one attached hydrogen (secondary N) is 2. The van der Waals surface area contributed by atoms with E-state index in [4.69, 9.17) is 27.9 Å². The van der Waals surface area contributed by atoms with Crippen LogP contribution in [0.25, 0.3) is 0 Å². The third-order valence-electron chi connectivity index (χ3n) is 4.37. The molecule has 2 amide bonds. The summed E-state index contributed by atoms with van der Waals surface area (Å²) in [5.74, 6) is -0.333. The molecule has 0 spiro atoms. The summed E-state index contributed by atoms with van der Waals surface area (Å²) in [4.78, 5) is 24.4. The fraction of sp³-hybridized carbons (Fsp3) is 0.0870. The fourth-order valence-corrected chi connectivity index (χ4v) is 3.07. The van der Waals surface area contributed by atoms with Crippen LogP contribution in [0.15, 0.2) is 65.8 Å². The van der Waals surface area contributed by atoms with E-state index in [1.807, 2.05) is 0 Å². The van der Waals surface area contributed by atoms with Gasteiger partial charge in [-0.1, -0.05) is 35.3 Å². The van der Waals surface area contributed by atoms with Crippen LogP contribution in [0.1, 0.15) is 21.5 Å². The highest BCUT2D eigenvalue weighted by Crippen LogP contribution is 2.24. The first kappa shape index (κ1) is 23.1. The van der Waals surface area contributed by atoms with Crippen LogP contribution in [-0.4, -0.2) is 30.2 Å². The zero-order chi connectivity index (χ0) is 23.1. The molecular weight excluding hydrogens is 453 g/mol. The van der Waals surface area contributed by atoms with E-state index in [0.29, 0.717) is 22.0 Å². The van der Waals surface area contributed by atoms with E-state index >= 15 is 0 Å². The van der Waals surface area contributed by atoms with Crippen molar-refractivity contribution < 1.29 is 19.4 Å². The Balaban J connectivity index is 1.62. The van der Waals surface area contributed by atoms with Crippen molar-refractivity contribution in [1.82, 2.24) is 5.43 Å². The lowest BCUT2D eigenvalue weighted by Crippen LogP contribution is -2.17. The number of aromatic hydroxyl groups is 1. The second-order valence-corrected chi connectivity index (χ2v) is 7.52. The number of benzene rings is 3. The van der Waals surface area contributed by atoms with Crippen molar-refractivity contribution in [1.29, 1.82) is 0 Å². The third-order valence-corrected chi connectivity index (χ3v) is 4.93. The number of halogens is 2. The van der Waals surface area contributed by atoms with Gasteiger partial charge in [-0.05, 0) is 48.0 Å². The van der Waals surface area contributed by atoms with Crippen molar-refractivity contribution in [2.75, 3.05) is 12.4 Å². The van der Waals surface area contributed by atoms with Crippen LogP contribution < -0.4 is 15.5 Å². The first-order valence-electron chi connectivity index (χ1n) is 9.40. The van der Waals surface area contributed by atoms with Gasteiger partial charge >= 0.3 is 0 Å². The second kappa shape index (κ2) is 10.7. The molecular formula is C23H19Cl2N3O4. The number of amides is 2. The number of rotatable bonds is 7. The van der Waals surface area contributed by atoms with Crippen molar-refractivity contribution in [3.63, 3.8) is 0 Å². The molecule has 0 aliphatic heterocycles. The summed E-state index contributed by atoms with van der Waals surface area (Å²) in [6, 6.07) is 16.2. The largest absolute Gasteiger partial charge is 0.506 e. The van der Waals surface area contributed by atoms with Crippen molar-refractivity contribution >= 4 is 46.9 Å². The van der Waals surface area contributed by atoms with Gasteiger partial charge in [-0.15, -0.1) is 0 Å². The average molecular weight is 472 g/mol. The molecule has 3 aromatic rings. The maximum Gasteiger partial charge on any atom is 0.271 e. The number of hydrogen-bond donors (Lipinski definition) is 3. The molecule has 0 saturated heterocycles. The second-order valence-electron chi connectivity index (χ2n) is 6.67. The smallest absolute Gasteiger partial charge is 0.271 e. The lowest BCUT2D eigenvalue weighted by Gasteiger charge is -2.10. The van der Waals surface area contributed by atoms with E-state index in [0.717, 1.165) is 5.56 Å². The van der Waals surface area contributed by atoms with Crippen molar-refractivity contribution in [3.05, 3.63) is 87.4 Å². The molecule has 0 aliphatic rings. The number of anilines is 1. The number of phenolic OH excluding ortho intramolecular Hbond substituents is 1. The summed E-state index contributed by atoms with van der Waals surface area (Å²) in [7, 11) is 1.49. The molecule has 0 saturated carbocycles. The maximum absolute atomic E-state index is 12.3. The Kier molecular flexibility index (Phi) is 7.70. The number of carbonyl (C=O) groups excluding carboxylic acids is 2. The SMILES string of the molecule is COc1cc(NC(=O)Cc2ccc(Cl)cc2)ccc1/C=N/NC(=O)c1ccc(O)c(Cl)c1. The molecule has 0 unspecified atom stereocenters. The molecule has 0 aliphatic carbocycles. The average Bonchev–Trinajstić information content (AvgIpc) is 2.77. The molecule has 3 rings (SSSR count). The lowest BCUT2D eigenvalue weighted by atomic mass is 10.1. The number of hydrogen-bond acceptors (Lipinski definition) is 5. The molecule has 0 atom stereocenters. The molecule has 0 radical (unpaired) electrons. The topological polar surface area (TPSA) is 100 Å². The van der Waals surface area contributed by atoms with Crippen molar-refractivity contribution in [2.24, 2.45) is 5.10 Å². The fourth-order valence-electron chi connectivity index (χ4n) is 2.76. The van der Waals surface area contributed by atoms with Crippen molar-refractivity contribution in [2.45, 2.75) is 6.42 Å². The van der Waals surface area contributed by atoms with Gasteiger partial charge in [-0.25, -0.2) is 5.43 Å². The van der Waals surface area contributed by atoms with Gasteiger partial charge in [0.1, 0.15) is 11.5 Å². The van der Waals surface area contributed by atoms with Crippen molar-refractivity contribution in [3.8, 4) is 11.5 Å². The van der Waals surface area contributed by atoms with E-state index in [-0.39, 0.29) is 28.7 Å². The predicted octanol–water partition coefficient (Wildman–Crippen LogP) is 4.65. The van der Waals surface area contributed by atoms with E-state index < -0.39 is 5.91 Å². The van der Waals surface area contributed by atoms with Crippen LogP contribution in [0.3, 0.4) is 0 Å². The van der Waals surface area contributed by atoms with E-state index in [1.165, 1.54) is 31.5 Å². The minimum Gasteiger partial charge on any atom is -0.506 e. The van der Waals surface area contributed by atoms with Crippen LogP contribution >= 0.6 is 23.2 Å². The van der Waals surface area contributed by atoms with Gasteiger partial charge in [0.05, 0.1) is 24.8 Å². The Bertz CT molecular complexity index is 1160. The first-order valence-corrected chi connectivity index (χ1v) is 10.2. The van der Waals surface area contributed by atoms with E-state index in [2.05, 4.69) is 15.8 Å². The number of ether oxygens (including phenoxy) is 1. The Labute approximate surface area is 194 Å². The predicted molar refractivity (Wildman–Crippen MR) is 125 cm³/mol. The number of carbonyl (C=O) groups is 2. The first-order chi connectivity index (χ1) is 15.4. The van der Waals surface area contributed by atoms with Gasteiger partial charge in [0.25, 0.3) is 5.91 Å². The summed E-state index contributed by atoms with van der Waals surface area (Å²) in [5, 5.41) is 16.8. The van der Waals surface area contributed by atoms with E-state index in [9.17, 15) is 14.7 Å². The maximum atomic E-state index is 12.3. The Morgan fingerprint density at radius 3 is 2.50 bits per heavy atom. The van der Waals surface area contributed by atoms with Gasteiger partial charge in [0.2, 0.25) is 5.91 Å². The minimum atomic E-state index is -0.492. The summed E-state index contributed by atoms with van der Waals surface area (Å²) >= 11 is 11.7. The molecule has 3 N–H and O–H groups in total. The van der Waals surface area contributed by atoms with E-state index in [1.54, 1.807) is 42.5 Å². The summed E-state index contributed by atoms with van der Waals surface area (Å²) in [6.07, 6.45) is 1.62. The van der Waals surface area contributed by atoms with Gasteiger partial charge in [-0.2, -0.15) is 5.10 Å². The molecule has 9 heteroatoms. The molecule has 0 bridgehead atoms. The van der Waals surface area contributed by atoms with Crippen LogP contribution in [0.4, 0.5) is 5.69 Å². The van der Waals surface area contributed by atoms with Crippen LogP contribution in [-0.2, 0) is 11.2 Å². The monoisotopic (exact) mass is 471 g/mol. The summed E-state index contributed by atoms with van der Waals surface area (Å²) in [5.41, 5.74) is 4.61. The summed E-state index contributed by atoms with van der Waals surface area (Å²) < 4.78 is 5.35. The Morgan fingerprint density at radius 1 is 1.06 bits per heavy atom. The normalized spacial score (nSPS) is 10.7. The number of hydrazone groups is 1. The highest BCUT2D eigenvalue weighted by Gasteiger charge is 2.09. The number of phenols is 1. The van der Waals surface area contributed by atoms with Crippen LogP contribution in [0.5, 0.6) is 11.5 Å². The Hall–Kier alpha value is -3.55. The molecule has 164 valence electrons. The van der Waals surface area contributed by atoms with Gasteiger partial charge in [0.15, 0.2) is 0 Å². The third kappa shape index (κ3) is 6.23. The zero-order valence-corrected chi connectivity index (χ0v) is 18.4. The number of nitrogens with zero attached hydrogens (tertiary/aromatic N) is 1. The number of methoxy groups -OCH3 is 1. The molecule has 0 aromatic heterocycles. The van der Waals surface area contributed by atoms with Crippen LogP contribution in [0, 0.1) is 0 Å². The van der Waals surface area contributed by atoms with Gasteiger partial charge < -0.3 is 15.2 Å². The highest BCUT2D eigenvalue weighted by molar-refractivity contribution is 6.32. The van der Waals surface area contributed by atoms with Gasteiger partial charge in [-0.3, -0.25) is 9.59 Å². The molecule has 3 aromatic carbocycles. The minimum absolute atomic E-state index is 0.0667. The van der Waals surface area contributed by atoms with Crippen LogP contribution in [0.2, 0.25) is 10.0 Å². The molecule has 7 nitrogen and oxygen atoms in total.